The zero-order valence-electron chi connectivity index (χ0n) is 13.7. The van der Waals surface area contributed by atoms with Gasteiger partial charge in [0.25, 0.3) is 0 Å². The van der Waals surface area contributed by atoms with Crippen molar-refractivity contribution in [3.63, 3.8) is 0 Å². The summed E-state index contributed by atoms with van der Waals surface area (Å²) in [6.45, 7) is 4.30. The van der Waals surface area contributed by atoms with Crippen LogP contribution in [-0.2, 0) is 11.2 Å². The van der Waals surface area contributed by atoms with Gasteiger partial charge in [-0.1, -0.05) is 38.5 Å². The van der Waals surface area contributed by atoms with Crippen LogP contribution in [0.1, 0.15) is 55.7 Å². The van der Waals surface area contributed by atoms with E-state index in [1.54, 1.807) is 0 Å². The first-order chi connectivity index (χ1) is 11.2. The van der Waals surface area contributed by atoms with Gasteiger partial charge in [0.15, 0.2) is 0 Å². The van der Waals surface area contributed by atoms with Gasteiger partial charge in [-0.25, -0.2) is 4.98 Å². The van der Waals surface area contributed by atoms with Crippen molar-refractivity contribution in [1.82, 2.24) is 9.97 Å². The topological polar surface area (TPSA) is 75.0 Å². The maximum atomic E-state index is 12.5. The molecule has 1 aliphatic rings. The number of imidazole rings is 1. The van der Waals surface area contributed by atoms with E-state index in [1.807, 2.05) is 29.3 Å². The van der Waals surface area contributed by atoms with Crippen molar-refractivity contribution in [2.45, 2.75) is 45.1 Å². The summed E-state index contributed by atoms with van der Waals surface area (Å²) in [4.78, 5) is 22.3. The van der Waals surface area contributed by atoms with Gasteiger partial charge in [0.05, 0.1) is 6.54 Å². The second kappa shape index (κ2) is 6.54. The van der Waals surface area contributed by atoms with Gasteiger partial charge in [-0.05, 0) is 24.5 Å². The van der Waals surface area contributed by atoms with E-state index in [1.165, 1.54) is 5.56 Å². The third kappa shape index (κ3) is 2.65. The van der Waals surface area contributed by atoms with Gasteiger partial charge in [0.1, 0.15) is 11.9 Å². The number of nitrogens with zero attached hydrogens (tertiary/aromatic N) is 2. The number of benzene rings is 1. The number of aryl methyl sites for hydroxylation is 1. The van der Waals surface area contributed by atoms with Crippen LogP contribution in [0.3, 0.4) is 0 Å². The quantitative estimate of drug-likeness (QED) is 0.891. The lowest BCUT2D eigenvalue weighted by Crippen LogP contribution is -2.38. The molecule has 2 aromatic rings. The number of aromatic nitrogens is 2. The number of carbonyl (C=O) groups excluding carboxylic acids is 1. The van der Waals surface area contributed by atoms with Crippen LogP contribution in [0.2, 0.25) is 0 Å². The fourth-order valence-corrected chi connectivity index (χ4v) is 3.59. The number of carbonyl (C=O) groups is 1. The second-order valence-corrected chi connectivity index (χ2v) is 6.03. The van der Waals surface area contributed by atoms with Gasteiger partial charge in [-0.15, -0.1) is 0 Å². The van der Waals surface area contributed by atoms with Crippen LogP contribution in [0, 0.1) is 0 Å². The summed E-state index contributed by atoms with van der Waals surface area (Å²) in [7, 11) is 0. The van der Waals surface area contributed by atoms with Crippen LogP contribution in [0.25, 0.3) is 0 Å². The number of para-hydroxylation sites is 1. The highest BCUT2D eigenvalue weighted by Crippen LogP contribution is 2.49. The molecule has 0 spiro atoms. The molecule has 2 atom stereocenters. The van der Waals surface area contributed by atoms with Gasteiger partial charge in [0.2, 0.25) is 5.91 Å². The fraction of sp³-hybridized carbons (Fsp3) is 0.444. The molecule has 3 N–H and O–H groups in total. The lowest BCUT2D eigenvalue weighted by atomic mass is 9.92. The lowest BCUT2D eigenvalue weighted by Gasteiger charge is -2.26. The highest BCUT2D eigenvalue weighted by molar-refractivity contribution is 5.98. The molecular weight excluding hydrogens is 288 g/mol. The summed E-state index contributed by atoms with van der Waals surface area (Å²) >= 11 is 0. The molecule has 1 amide bonds. The van der Waals surface area contributed by atoms with Gasteiger partial charge in [-0.2, -0.15) is 0 Å². The number of anilines is 1. The Hall–Kier alpha value is -2.14. The van der Waals surface area contributed by atoms with Gasteiger partial charge >= 0.3 is 0 Å². The number of fused-ring (bicyclic) bond motifs is 1. The zero-order valence-corrected chi connectivity index (χ0v) is 13.7. The maximum Gasteiger partial charge on any atom is 0.241 e. The largest absolute Gasteiger partial charge is 0.344 e. The fourth-order valence-electron chi connectivity index (χ4n) is 3.59. The summed E-state index contributed by atoms with van der Waals surface area (Å²) in [6, 6.07) is 8.01. The van der Waals surface area contributed by atoms with E-state index in [0.29, 0.717) is 0 Å². The molecule has 2 unspecified atom stereocenters. The summed E-state index contributed by atoms with van der Waals surface area (Å²) in [5, 5.41) is 0. The molecule has 0 bridgehead atoms. The highest BCUT2D eigenvalue weighted by Gasteiger charge is 2.42. The Morgan fingerprint density at radius 1 is 1.35 bits per heavy atom. The van der Waals surface area contributed by atoms with Crippen LogP contribution in [0.5, 0.6) is 0 Å². The number of H-pyrrole nitrogens is 1. The van der Waals surface area contributed by atoms with E-state index in [4.69, 9.17) is 5.73 Å². The Morgan fingerprint density at radius 2 is 2.13 bits per heavy atom. The first kappa shape index (κ1) is 15.7. The lowest BCUT2D eigenvalue weighted by molar-refractivity contribution is -0.117. The Kier molecular flexibility index (Phi) is 4.48. The Morgan fingerprint density at radius 3 is 2.83 bits per heavy atom. The second-order valence-electron chi connectivity index (χ2n) is 6.03. The highest BCUT2D eigenvalue weighted by atomic mass is 16.2. The molecule has 0 radical (unpaired) electrons. The molecule has 23 heavy (non-hydrogen) atoms. The SMILES string of the molecule is CCCc1cnc(C2C(CC)c3ccccc3N2C(=O)CN)[nH]1. The van der Waals surface area contributed by atoms with Crippen molar-refractivity contribution in [2.24, 2.45) is 5.73 Å². The number of rotatable bonds is 5. The summed E-state index contributed by atoms with van der Waals surface area (Å²) in [6.07, 6.45) is 4.86. The monoisotopic (exact) mass is 312 g/mol. The number of aromatic amines is 1. The number of hydrogen-bond donors (Lipinski definition) is 2. The van der Waals surface area contributed by atoms with Crippen molar-refractivity contribution in [1.29, 1.82) is 0 Å². The normalized spacial score (nSPS) is 19.9. The Labute approximate surface area is 136 Å². The van der Waals surface area contributed by atoms with E-state index < -0.39 is 0 Å². The molecule has 1 aromatic carbocycles. The van der Waals surface area contributed by atoms with E-state index >= 15 is 0 Å². The van der Waals surface area contributed by atoms with E-state index in [0.717, 1.165) is 36.5 Å². The van der Waals surface area contributed by atoms with Crippen LogP contribution in [-0.4, -0.2) is 22.4 Å². The number of nitrogens with one attached hydrogen (secondary N) is 1. The molecule has 3 rings (SSSR count). The van der Waals surface area contributed by atoms with Crippen molar-refractivity contribution >= 4 is 11.6 Å². The summed E-state index contributed by atoms with van der Waals surface area (Å²) in [5.41, 5.74) is 8.96. The summed E-state index contributed by atoms with van der Waals surface area (Å²) in [5.74, 6) is 1.03. The number of nitrogens with two attached hydrogens (primary N) is 1. The summed E-state index contributed by atoms with van der Waals surface area (Å²) < 4.78 is 0. The van der Waals surface area contributed by atoms with Gasteiger partial charge in [-0.3, -0.25) is 9.69 Å². The molecule has 0 saturated carbocycles. The smallest absolute Gasteiger partial charge is 0.241 e. The molecule has 1 aromatic heterocycles. The maximum absolute atomic E-state index is 12.5. The minimum absolute atomic E-state index is 0.00376. The molecule has 122 valence electrons. The molecule has 0 aliphatic carbocycles. The predicted octanol–water partition coefficient (Wildman–Crippen LogP) is 2.90. The average molecular weight is 312 g/mol. The minimum atomic E-state index is -0.0981. The Bertz CT molecular complexity index is 694. The average Bonchev–Trinajstić information content (AvgIpc) is 3.16. The number of amides is 1. The molecular formula is C18H24N4O. The van der Waals surface area contributed by atoms with Gasteiger partial charge in [0, 0.05) is 23.5 Å². The van der Waals surface area contributed by atoms with Crippen LogP contribution >= 0.6 is 0 Å². The minimum Gasteiger partial charge on any atom is -0.344 e. The number of hydrogen-bond acceptors (Lipinski definition) is 3. The van der Waals surface area contributed by atoms with E-state index in [-0.39, 0.29) is 24.4 Å². The van der Waals surface area contributed by atoms with Crippen molar-refractivity contribution in [3.05, 3.63) is 47.5 Å². The first-order valence-electron chi connectivity index (χ1n) is 8.36. The molecule has 5 nitrogen and oxygen atoms in total. The van der Waals surface area contributed by atoms with E-state index in [2.05, 4.69) is 29.9 Å². The first-order valence-corrected chi connectivity index (χ1v) is 8.36. The molecule has 0 saturated heterocycles. The standard InChI is InChI=1S/C18H24N4O/c1-3-7-12-11-20-18(21-12)17-13(4-2)14-8-5-6-9-15(14)22(17)16(23)10-19/h5-6,8-9,11,13,17H,3-4,7,10,19H2,1-2H3,(H,20,21). The predicted molar refractivity (Wildman–Crippen MR) is 91.3 cm³/mol. The molecule has 1 aliphatic heterocycles. The molecule has 2 heterocycles. The zero-order chi connectivity index (χ0) is 16.4. The van der Waals surface area contributed by atoms with E-state index in [9.17, 15) is 4.79 Å². The van der Waals surface area contributed by atoms with Crippen LogP contribution < -0.4 is 10.6 Å². The van der Waals surface area contributed by atoms with Gasteiger partial charge < -0.3 is 10.7 Å². The molecule has 5 heteroatoms. The van der Waals surface area contributed by atoms with Crippen molar-refractivity contribution in [2.75, 3.05) is 11.4 Å². The third-order valence-corrected chi connectivity index (χ3v) is 4.59. The van der Waals surface area contributed by atoms with Crippen molar-refractivity contribution in [3.8, 4) is 0 Å². The van der Waals surface area contributed by atoms with Crippen LogP contribution in [0.15, 0.2) is 30.5 Å². The molecule has 0 fully saturated rings. The third-order valence-electron chi connectivity index (χ3n) is 4.59. The van der Waals surface area contributed by atoms with Crippen LogP contribution in [0.4, 0.5) is 5.69 Å². The van der Waals surface area contributed by atoms with Crippen molar-refractivity contribution < 1.29 is 4.79 Å². The Balaban J connectivity index is 2.06.